The van der Waals surface area contributed by atoms with E-state index in [4.69, 9.17) is 54.2 Å². The van der Waals surface area contributed by atoms with Crippen LogP contribution in [-0.2, 0) is 0 Å². The zero-order valence-corrected chi connectivity index (χ0v) is 26.9. The topological polar surface area (TPSA) is 43.6 Å². The predicted molar refractivity (Wildman–Crippen MR) is 210 cm³/mol. The third-order valence-electron chi connectivity index (χ3n) is 9.14. The summed E-state index contributed by atoms with van der Waals surface area (Å²) < 4.78 is 4.68. The number of hydrogen-bond donors (Lipinski definition) is 0. The number of aromatic nitrogens is 4. The second kappa shape index (κ2) is 11.4. The van der Waals surface area contributed by atoms with Crippen molar-refractivity contribution >= 4 is 120 Å². The summed E-state index contributed by atoms with van der Waals surface area (Å²) in [4.78, 5) is 14.6. The molecule has 0 amide bonds. The van der Waals surface area contributed by atoms with Crippen LogP contribution in [-0.4, -0.2) is 58.8 Å². The maximum absolute atomic E-state index is 6.45. The smallest absolute Gasteiger partial charge is 0.164 e. The van der Waals surface area contributed by atoms with Crippen LogP contribution in [0, 0.1) is 0 Å². The van der Waals surface area contributed by atoms with Gasteiger partial charge in [-0.25, -0.2) is 15.0 Å². The highest BCUT2D eigenvalue weighted by molar-refractivity contribution is 7.25. The van der Waals surface area contributed by atoms with Crippen molar-refractivity contribution in [3.8, 4) is 39.9 Å². The first kappa shape index (κ1) is 29.8. The van der Waals surface area contributed by atoms with Crippen molar-refractivity contribution in [3.05, 3.63) is 115 Å². The largest absolute Gasteiger partial charge is 0.309 e. The Morgan fingerprint density at radius 2 is 1.00 bits per heavy atom. The highest BCUT2D eigenvalue weighted by Crippen LogP contribution is 2.39. The van der Waals surface area contributed by atoms with Gasteiger partial charge in [0.1, 0.15) is 39.2 Å². The second-order valence-corrected chi connectivity index (χ2v) is 13.1. The molecular weight excluding hydrogens is 611 g/mol. The van der Waals surface area contributed by atoms with Crippen LogP contribution in [0.15, 0.2) is 115 Å². The SMILES string of the molecule is [B]c1c([B])c([B])c(-c2nc(-c3ccccc3)nc(-c3ccc4sc5cc(-n6c7ccccc7c7ccccc76)ccc5c4c3)n2)c([B])c1[B]. The first-order valence-electron chi connectivity index (χ1n) is 15.7. The Balaban J connectivity index is 1.22. The second-order valence-electron chi connectivity index (χ2n) is 12.0. The van der Waals surface area contributed by atoms with Crippen molar-refractivity contribution in [3.63, 3.8) is 0 Å². The van der Waals surface area contributed by atoms with Crippen LogP contribution in [0.5, 0.6) is 0 Å². The normalized spacial score (nSPS) is 11.7. The summed E-state index contributed by atoms with van der Waals surface area (Å²) >= 11 is 1.76. The van der Waals surface area contributed by atoms with Crippen LogP contribution < -0.4 is 27.3 Å². The molecule has 0 aliphatic rings. The Morgan fingerprint density at radius 3 is 1.67 bits per heavy atom. The van der Waals surface area contributed by atoms with Crippen LogP contribution in [0.25, 0.3) is 81.8 Å². The molecule has 6 aromatic carbocycles. The first-order chi connectivity index (χ1) is 23.9. The molecule has 0 bridgehead atoms. The Morgan fingerprint density at radius 1 is 0.429 bits per heavy atom. The molecule has 4 nitrogen and oxygen atoms in total. The molecule has 9 aromatic rings. The number of para-hydroxylation sites is 2. The summed E-state index contributed by atoms with van der Waals surface area (Å²) in [6, 6.07) is 39.7. The average molecular weight is 630 g/mol. The molecule has 0 atom stereocenters. The lowest BCUT2D eigenvalue weighted by molar-refractivity contribution is 1.08. The van der Waals surface area contributed by atoms with Gasteiger partial charge in [0, 0.05) is 53.3 Å². The van der Waals surface area contributed by atoms with Gasteiger partial charge >= 0.3 is 0 Å². The minimum absolute atomic E-state index is 0.132. The van der Waals surface area contributed by atoms with Crippen molar-refractivity contribution in [2.75, 3.05) is 0 Å². The van der Waals surface area contributed by atoms with Crippen molar-refractivity contribution in [2.45, 2.75) is 0 Å². The van der Waals surface area contributed by atoms with Gasteiger partial charge in [-0.15, -0.1) is 27.7 Å². The van der Waals surface area contributed by atoms with E-state index in [1.54, 1.807) is 11.3 Å². The van der Waals surface area contributed by atoms with E-state index in [2.05, 4.69) is 83.4 Å². The van der Waals surface area contributed by atoms with Gasteiger partial charge in [-0.05, 0) is 42.5 Å². The maximum atomic E-state index is 6.45. The van der Waals surface area contributed by atoms with E-state index in [9.17, 15) is 0 Å². The van der Waals surface area contributed by atoms with Crippen molar-refractivity contribution < 1.29 is 0 Å². The Kier molecular flexibility index (Phi) is 6.92. The van der Waals surface area contributed by atoms with E-state index in [1.807, 2.05) is 36.4 Å². The van der Waals surface area contributed by atoms with Gasteiger partial charge in [0.15, 0.2) is 17.5 Å². The zero-order chi connectivity index (χ0) is 33.4. The van der Waals surface area contributed by atoms with E-state index in [-0.39, 0.29) is 33.1 Å². The molecule has 9 rings (SSSR count). The maximum Gasteiger partial charge on any atom is 0.164 e. The van der Waals surface area contributed by atoms with E-state index in [1.165, 1.54) is 26.5 Å². The van der Waals surface area contributed by atoms with E-state index >= 15 is 0 Å². The van der Waals surface area contributed by atoms with Gasteiger partial charge in [-0.2, -0.15) is 0 Å². The van der Waals surface area contributed by atoms with Gasteiger partial charge in [0.05, 0.1) is 11.0 Å². The van der Waals surface area contributed by atoms with Gasteiger partial charge in [0.2, 0.25) is 0 Å². The average Bonchev–Trinajstić information content (AvgIpc) is 3.68. The molecule has 0 aliphatic carbocycles. The van der Waals surface area contributed by atoms with Crippen molar-refractivity contribution in [1.82, 2.24) is 19.5 Å². The number of rotatable bonds is 4. The Labute approximate surface area is 293 Å². The van der Waals surface area contributed by atoms with E-state index in [0.717, 1.165) is 32.3 Å². The van der Waals surface area contributed by atoms with Crippen LogP contribution >= 0.6 is 11.3 Å². The molecule has 0 N–H and O–H groups in total. The van der Waals surface area contributed by atoms with Crippen LogP contribution in [0.4, 0.5) is 0 Å². The summed E-state index contributed by atoms with van der Waals surface area (Å²) in [5.74, 6) is 1.17. The molecule has 0 unspecified atom stereocenters. The zero-order valence-electron chi connectivity index (χ0n) is 26.1. The standard InChI is InChI=1S/C39H19B5N4S/c40-32-31(33(41)35(43)36(44)34(32)42)39-46-37(20-8-2-1-3-9-20)45-38(47-39)21-14-17-29-26(18-21)25-16-15-22(19-30(25)49-29)48-27-12-6-4-10-23(27)24-11-5-7-13-28(24)48/h1-19H. The third kappa shape index (κ3) is 4.69. The summed E-state index contributed by atoms with van der Waals surface area (Å²) in [6.07, 6.45) is 0. The molecular formula is C39H19B5N4S. The quantitative estimate of drug-likeness (QED) is 0.273. The highest BCUT2D eigenvalue weighted by atomic mass is 32.1. The van der Waals surface area contributed by atoms with Crippen LogP contribution in [0.1, 0.15) is 0 Å². The van der Waals surface area contributed by atoms with Crippen LogP contribution in [0.3, 0.4) is 0 Å². The number of benzene rings is 6. The lowest BCUT2D eigenvalue weighted by atomic mass is 9.60. The monoisotopic (exact) mass is 630 g/mol. The number of thiophene rings is 1. The summed E-state index contributed by atoms with van der Waals surface area (Å²) in [5.41, 5.74) is 6.15. The molecule has 49 heavy (non-hydrogen) atoms. The highest BCUT2D eigenvalue weighted by Gasteiger charge is 2.19. The molecule has 0 fully saturated rings. The summed E-state index contributed by atoms with van der Waals surface area (Å²) in [5, 5.41) is 4.73. The van der Waals surface area contributed by atoms with Gasteiger partial charge in [-0.1, -0.05) is 83.7 Å². The number of nitrogens with zero attached hydrogens (tertiary/aromatic N) is 4. The van der Waals surface area contributed by atoms with Crippen molar-refractivity contribution in [2.24, 2.45) is 0 Å². The summed E-state index contributed by atoms with van der Waals surface area (Å²) in [6.45, 7) is 0. The minimum atomic E-state index is 0.132. The first-order valence-corrected chi connectivity index (χ1v) is 16.5. The molecule has 0 saturated heterocycles. The Bertz CT molecular complexity index is 2710. The lowest BCUT2D eigenvalue weighted by Crippen LogP contribution is -2.55. The molecule has 3 aromatic heterocycles. The summed E-state index contributed by atoms with van der Waals surface area (Å²) in [7, 11) is 31.4. The molecule has 216 valence electrons. The molecule has 0 aliphatic heterocycles. The van der Waals surface area contributed by atoms with Gasteiger partial charge in [0.25, 0.3) is 0 Å². The number of hydrogen-bond acceptors (Lipinski definition) is 4. The molecule has 0 spiro atoms. The fraction of sp³-hybridized carbons (Fsp3) is 0. The molecule has 10 heteroatoms. The van der Waals surface area contributed by atoms with Gasteiger partial charge in [-0.3, -0.25) is 0 Å². The fourth-order valence-corrected chi connectivity index (χ4v) is 7.79. The fourth-order valence-electron chi connectivity index (χ4n) is 6.67. The van der Waals surface area contributed by atoms with E-state index in [0.29, 0.717) is 17.2 Å². The van der Waals surface area contributed by atoms with Crippen molar-refractivity contribution in [1.29, 1.82) is 0 Å². The minimum Gasteiger partial charge on any atom is -0.309 e. The van der Waals surface area contributed by atoms with E-state index < -0.39 is 0 Å². The molecule has 0 saturated carbocycles. The van der Waals surface area contributed by atoms with Crippen LogP contribution in [0.2, 0.25) is 0 Å². The Hall–Kier alpha value is -5.33. The van der Waals surface area contributed by atoms with Gasteiger partial charge < -0.3 is 4.57 Å². The molecule has 3 heterocycles. The number of fused-ring (bicyclic) bond motifs is 6. The predicted octanol–water partition coefficient (Wildman–Crippen LogP) is 4.31. The third-order valence-corrected chi connectivity index (χ3v) is 10.3. The molecule has 10 radical (unpaired) electrons. The lowest BCUT2D eigenvalue weighted by Gasteiger charge is -2.20.